The van der Waals surface area contributed by atoms with E-state index in [4.69, 9.17) is 9.84 Å². The first kappa shape index (κ1) is 14.9. The molecule has 0 radical (unpaired) electrons. The third-order valence-electron chi connectivity index (χ3n) is 2.22. The molecule has 1 amide bonds. The molecular weight excluding hydrogens is 260 g/mol. The number of amides is 1. The van der Waals surface area contributed by atoms with Crippen molar-refractivity contribution in [3.63, 3.8) is 0 Å². The average molecular weight is 273 g/mol. The van der Waals surface area contributed by atoms with Crippen LogP contribution in [0.15, 0.2) is 30.3 Å². The maximum Gasteiger partial charge on any atom is 0.408 e. The number of carbonyl (C=O) groups is 2. The fourth-order valence-corrected chi connectivity index (χ4v) is 1.31. The van der Waals surface area contributed by atoms with Crippen molar-refractivity contribution in [2.45, 2.75) is 25.5 Å². The van der Waals surface area contributed by atoms with Gasteiger partial charge in [-0.25, -0.2) is 18.4 Å². The standard InChI is InChI=1S/C12H13F2NO4/c13-10(14)6-9(11(16)17)15-12(18)19-7-8-4-2-1-3-5-8/h1-5,9-10H,6-7H2,(H,15,18)(H,16,17). The van der Waals surface area contributed by atoms with Crippen molar-refractivity contribution in [3.05, 3.63) is 35.9 Å². The summed E-state index contributed by atoms with van der Waals surface area (Å²) >= 11 is 0. The Labute approximate surface area is 108 Å². The molecule has 0 saturated carbocycles. The van der Waals surface area contributed by atoms with E-state index in [-0.39, 0.29) is 6.61 Å². The largest absolute Gasteiger partial charge is 0.480 e. The van der Waals surface area contributed by atoms with E-state index < -0.39 is 31.0 Å². The Kier molecular flexibility index (Phi) is 5.72. The molecule has 0 aliphatic carbocycles. The van der Waals surface area contributed by atoms with Crippen LogP contribution in [0.2, 0.25) is 0 Å². The molecule has 1 aromatic carbocycles. The van der Waals surface area contributed by atoms with Crippen molar-refractivity contribution in [1.82, 2.24) is 5.32 Å². The zero-order valence-electron chi connectivity index (χ0n) is 9.88. The molecule has 0 saturated heterocycles. The minimum atomic E-state index is -2.82. The summed E-state index contributed by atoms with van der Waals surface area (Å²) in [5.74, 6) is -1.53. The Balaban J connectivity index is 2.42. The Morgan fingerprint density at radius 2 is 1.89 bits per heavy atom. The van der Waals surface area contributed by atoms with Crippen LogP contribution in [0.4, 0.5) is 13.6 Å². The number of halogens is 2. The maximum absolute atomic E-state index is 12.1. The molecule has 7 heteroatoms. The number of alkyl carbamates (subject to hydrolysis) is 1. The molecule has 5 nitrogen and oxygen atoms in total. The van der Waals surface area contributed by atoms with Crippen LogP contribution in [0.5, 0.6) is 0 Å². The average Bonchev–Trinajstić information content (AvgIpc) is 2.36. The second-order valence-electron chi connectivity index (χ2n) is 3.72. The second kappa shape index (κ2) is 7.30. The van der Waals surface area contributed by atoms with Crippen molar-refractivity contribution < 1.29 is 28.2 Å². The Morgan fingerprint density at radius 1 is 1.26 bits per heavy atom. The predicted octanol–water partition coefficient (Wildman–Crippen LogP) is 2.02. The summed E-state index contributed by atoms with van der Waals surface area (Å²) in [7, 11) is 0. The second-order valence-corrected chi connectivity index (χ2v) is 3.72. The van der Waals surface area contributed by atoms with Gasteiger partial charge in [0.25, 0.3) is 0 Å². The highest BCUT2D eigenvalue weighted by molar-refractivity contribution is 5.79. The molecule has 0 aliphatic heterocycles. The third-order valence-corrected chi connectivity index (χ3v) is 2.22. The van der Waals surface area contributed by atoms with E-state index in [2.05, 4.69) is 0 Å². The highest BCUT2D eigenvalue weighted by Crippen LogP contribution is 2.05. The molecule has 1 aromatic rings. The molecule has 0 heterocycles. The SMILES string of the molecule is O=C(NC(CC(F)F)C(=O)O)OCc1ccccc1. The molecule has 1 rings (SSSR count). The smallest absolute Gasteiger partial charge is 0.408 e. The molecule has 2 N–H and O–H groups in total. The van der Waals surface area contributed by atoms with E-state index in [0.717, 1.165) is 0 Å². The summed E-state index contributed by atoms with van der Waals surface area (Å²) in [5, 5.41) is 10.5. The van der Waals surface area contributed by atoms with E-state index in [9.17, 15) is 18.4 Å². The number of ether oxygens (including phenoxy) is 1. The summed E-state index contributed by atoms with van der Waals surface area (Å²) in [4.78, 5) is 21.9. The molecule has 0 fully saturated rings. The first-order valence-electron chi connectivity index (χ1n) is 5.47. The van der Waals surface area contributed by atoms with E-state index in [1.54, 1.807) is 30.3 Å². The fraction of sp³-hybridized carbons (Fsp3) is 0.333. The molecule has 19 heavy (non-hydrogen) atoms. The summed E-state index contributed by atoms with van der Waals surface area (Å²) in [6.07, 6.45) is -4.83. The van der Waals surface area contributed by atoms with E-state index >= 15 is 0 Å². The minimum absolute atomic E-state index is 0.0618. The van der Waals surface area contributed by atoms with Crippen LogP contribution in [0.3, 0.4) is 0 Å². The summed E-state index contributed by atoms with van der Waals surface area (Å²) in [6.45, 7) is -0.0618. The highest BCUT2D eigenvalue weighted by Gasteiger charge is 2.24. The number of hydrogen-bond acceptors (Lipinski definition) is 3. The quantitative estimate of drug-likeness (QED) is 0.831. The number of nitrogens with one attached hydrogen (secondary N) is 1. The van der Waals surface area contributed by atoms with Gasteiger partial charge in [-0.15, -0.1) is 0 Å². The predicted molar refractivity (Wildman–Crippen MR) is 61.8 cm³/mol. The van der Waals surface area contributed by atoms with Gasteiger partial charge in [-0.05, 0) is 5.56 Å². The van der Waals surface area contributed by atoms with Crippen LogP contribution in [0, 0.1) is 0 Å². The molecule has 0 aromatic heterocycles. The molecule has 1 atom stereocenters. The monoisotopic (exact) mass is 273 g/mol. The number of rotatable bonds is 6. The van der Waals surface area contributed by atoms with Gasteiger partial charge in [-0.3, -0.25) is 0 Å². The number of benzene rings is 1. The van der Waals surface area contributed by atoms with Crippen LogP contribution in [-0.4, -0.2) is 29.6 Å². The molecule has 0 aliphatic rings. The molecule has 104 valence electrons. The van der Waals surface area contributed by atoms with E-state index in [0.29, 0.717) is 5.56 Å². The summed E-state index contributed by atoms with van der Waals surface area (Å²) in [6, 6.07) is 7.03. The number of carbonyl (C=O) groups excluding carboxylic acids is 1. The van der Waals surface area contributed by atoms with Crippen LogP contribution < -0.4 is 5.32 Å². The van der Waals surface area contributed by atoms with Crippen molar-refractivity contribution in [2.24, 2.45) is 0 Å². The van der Waals surface area contributed by atoms with Gasteiger partial charge in [-0.1, -0.05) is 30.3 Å². The van der Waals surface area contributed by atoms with Gasteiger partial charge in [0.2, 0.25) is 6.43 Å². The molecule has 1 unspecified atom stereocenters. The van der Waals surface area contributed by atoms with Gasteiger partial charge in [-0.2, -0.15) is 0 Å². The van der Waals surface area contributed by atoms with Crippen LogP contribution in [0.25, 0.3) is 0 Å². The Morgan fingerprint density at radius 3 is 2.42 bits per heavy atom. The number of hydrogen-bond donors (Lipinski definition) is 2. The number of aliphatic carboxylic acids is 1. The lowest BCUT2D eigenvalue weighted by Gasteiger charge is -2.13. The summed E-state index contributed by atoms with van der Waals surface area (Å²) in [5.41, 5.74) is 0.707. The lowest BCUT2D eigenvalue weighted by Crippen LogP contribution is -2.42. The van der Waals surface area contributed by atoms with Crippen LogP contribution in [-0.2, 0) is 16.1 Å². The molecular formula is C12H13F2NO4. The fourth-order valence-electron chi connectivity index (χ4n) is 1.31. The van der Waals surface area contributed by atoms with Gasteiger partial charge in [0.1, 0.15) is 12.6 Å². The molecule has 0 spiro atoms. The summed E-state index contributed by atoms with van der Waals surface area (Å²) < 4.78 is 28.9. The Hall–Kier alpha value is -2.18. The minimum Gasteiger partial charge on any atom is -0.480 e. The van der Waals surface area contributed by atoms with Crippen LogP contribution >= 0.6 is 0 Å². The van der Waals surface area contributed by atoms with Gasteiger partial charge < -0.3 is 15.2 Å². The topological polar surface area (TPSA) is 75.6 Å². The van der Waals surface area contributed by atoms with Gasteiger partial charge in [0.05, 0.1) is 0 Å². The van der Waals surface area contributed by atoms with Crippen molar-refractivity contribution in [2.75, 3.05) is 0 Å². The van der Waals surface area contributed by atoms with Crippen molar-refractivity contribution in [1.29, 1.82) is 0 Å². The first-order valence-corrected chi connectivity index (χ1v) is 5.47. The van der Waals surface area contributed by atoms with Gasteiger partial charge in [0.15, 0.2) is 0 Å². The van der Waals surface area contributed by atoms with Gasteiger partial charge >= 0.3 is 12.1 Å². The highest BCUT2D eigenvalue weighted by atomic mass is 19.3. The van der Waals surface area contributed by atoms with E-state index in [1.807, 2.05) is 5.32 Å². The number of alkyl halides is 2. The lowest BCUT2D eigenvalue weighted by molar-refractivity contribution is -0.140. The number of carboxylic acids is 1. The first-order chi connectivity index (χ1) is 8.99. The number of carboxylic acid groups (broad SMARTS) is 1. The van der Waals surface area contributed by atoms with Crippen molar-refractivity contribution >= 4 is 12.1 Å². The van der Waals surface area contributed by atoms with Crippen molar-refractivity contribution in [3.8, 4) is 0 Å². The zero-order chi connectivity index (χ0) is 14.3. The lowest BCUT2D eigenvalue weighted by atomic mass is 10.2. The maximum atomic E-state index is 12.1. The normalized spacial score (nSPS) is 11.9. The Bertz CT molecular complexity index is 425. The van der Waals surface area contributed by atoms with Crippen LogP contribution in [0.1, 0.15) is 12.0 Å². The van der Waals surface area contributed by atoms with Gasteiger partial charge in [0, 0.05) is 6.42 Å². The van der Waals surface area contributed by atoms with E-state index in [1.165, 1.54) is 0 Å². The third kappa shape index (κ3) is 5.80. The molecule has 0 bridgehead atoms. The zero-order valence-corrected chi connectivity index (χ0v) is 9.88.